The summed E-state index contributed by atoms with van der Waals surface area (Å²) in [7, 11) is 0. The van der Waals surface area contributed by atoms with Crippen LogP contribution in [-0.2, 0) is 9.59 Å². The smallest absolute Gasteiger partial charge is 0.243 e. The normalized spacial score (nSPS) is 43.8. The van der Waals surface area contributed by atoms with Crippen molar-refractivity contribution in [3.63, 3.8) is 0 Å². The summed E-state index contributed by atoms with van der Waals surface area (Å²) >= 11 is 0. The van der Waals surface area contributed by atoms with Crippen LogP contribution in [0.5, 0.6) is 0 Å². The van der Waals surface area contributed by atoms with E-state index in [9.17, 15) is 9.59 Å². The van der Waals surface area contributed by atoms with E-state index in [2.05, 4.69) is 5.32 Å². The van der Waals surface area contributed by atoms with Crippen LogP contribution in [0.3, 0.4) is 0 Å². The summed E-state index contributed by atoms with van der Waals surface area (Å²) in [6, 6.07) is -0.0378. The Kier molecular flexibility index (Phi) is 5.69. The van der Waals surface area contributed by atoms with Crippen LogP contribution in [0.15, 0.2) is 0 Å². The lowest BCUT2D eigenvalue weighted by Gasteiger charge is -2.56. The highest BCUT2D eigenvalue weighted by molar-refractivity contribution is 5.91. The number of carbonyl (C=O) groups excluding carboxylic acids is 2. The van der Waals surface area contributed by atoms with Crippen molar-refractivity contribution >= 4 is 24.2 Å². The van der Waals surface area contributed by atoms with E-state index in [-0.39, 0.29) is 35.8 Å². The minimum absolute atomic E-state index is 0. The molecule has 4 bridgehead atoms. The Hall–Kier alpha value is -0.810. The summed E-state index contributed by atoms with van der Waals surface area (Å²) in [5, 5.41) is 3.27. The Labute approximate surface area is 174 Å². The minimum Gasteiger partial charge on any atom is -0.351 e. The molecule has 28 heavy (non-hydrogen) atoms. The predicted octanol–water partition coefficient (Wildman–Crippen LogP) is 2.86. The van der Waals surface area contributed by atoms with Gasteiger partial charge in [-0.2, -0.15) is 0 Å². The molecule has 3 unspecified atom stereocenters. The number of carbonyl (C=O) groups is 2. The molecule has 1 aliphatic heterocycles. The molecule has 0 radical (unpaired) electrons. The van der Waals surface area contributed by atoms with Crippen LogP contribution in [0, 0.1) is 29.1 Å². The molecule has 3 atom stereocenters. The average Bonchev–Trinajstić information content (AvgIpc) is 3.28. The Morgan fingerprint density at radius 3 is 2.21 bits per heavy atom. The Bertz CT molecular complexity index is 590. The van der Waals surface area contributed by atoms with Crippen molar-refractivity contribution in [2.24, 2.45) is 34.8 Å². The number of amides is 2. The molecule has 6 heteroatoms. The van der Waals surface area contributed by atoms with Crippen LogP contribution in [0.4, 0.5) is 0 Å². The fourth-order valence-electron chi connectivity index (χ4n) is 7.75. The van der Waals surface area contributed by atoms with Crippen LogP contribution < -0.4 is 11.1 Å². The monoisotopic (exact) mass is 409 g/mol. The van der Waals surface area contributed by atoms with Gasteiger partial charge in [-0.1, -0.05) is 6.42 Å². The quantitative estimate of drug-likeness (QED) is 0.749. The Balaban J connectivity index is 0.00000192. The Morgan fingerprint density at radius 1 is 0.964 bits per heavy atom. The molecule has 1 saturated heterocycles. The van der Waals surface area contributed by atoms with Gasteiger partial charge in [-0.25, -0.2) is 0 Å². The second kappa shape index (κ2) is 7.79. The van der Waals surface area contributed by atoms with Gasteiger partial charge in [0, 0.05) is 12.6 Å². The molecule has 1 heterocycles. The third kappa shape index (κ3) is 3.36. The van der Waals surface area contributed by atoms with E-state index in [1.807, 2.05) is 4.90 Å². The van der Waals surface area contributed by atoms with Crippen molar-refractivity contribution in [3.05, 3.63) is 0 Å². The van der Waals surface area contributed by atoms with Gasteiger partial charge in [-0.15, -0.1) is 12.4 Å². The third-order valence-electron chi connectivity index (χ3n) is 8.60. The van der Waals surface area contributed by atoms with Gasteiger partial charge in [0.05, 0.1) is 5.41 Å². The summed E-state index contributed by atoms with van der Waals surface area (Å²) in [5.41, 5.74) is 5.75. The highest BCUT2D eigenvalue weighted by Gasteiger charge is 2.56. The third-order valence-corrected chi connectivity index (χ3v) is 8.60. The zero-order chi connectivity index (χ0) is 18.6. The maximum atomic E-state index is 13.7. The summed E-state index contributed by atoms with van der Waals surface area (Å²) in [6.45, 7) is 1.41. The first-order valence-corrected chi connectivity index (χ1v) is 11.4. The second-order valence-electron chi connectivity index (χ2n) is 10.4. The van der Waals surface area contributed by atoms with Gasteiger partial charge < -0.3 is 16.0 Å². The largest absolute Gasteiger partial charge is 0.351 e. The molecule has 5 aliphatic carbocycles. The molecular formula is C22H36ClN3O2. The van der Waals surface area contributed by atoms with Gasteiger partial charge in [-0.3, -0.25) is 9.59 Å². The van der Waals surface area contributed by atoms with Gasteiger partial charge in [0.2, 0.25) is 11.8 Å². The molecule has 158 valence electrons. The lowest BCUT2D eigenvalue weighted by atomic mass is 9.49. The average molecular weight is 410 g/mol. The fraction of sp³-hybridized carbons (Fsp3) is 0.909. The van der Waals surface area contributed by atoms with E-state index >= 15 is 0 Å². The van der Waals surface area contributed by atoms with E-state index in [1.54, 1.807) is 0 Å². The maximum Gasteiger partial charge on any atom is 0.243 e. The molecule has 5 nitrogen and oxygen atoms in total. The van der Waals surface area contributed by atoms with Crippen LogP contribution >= 0.6 is 12.4 Å². The molecule has 5 saturated carbocycles. The zero-order valence-corrected chi connectivity index (χ0v) is 17.7. The summed E-state index contributed by atoms with van der Waals surface area (Å²) < 4.78 is 0. The van der Waals surface area contributed by atoms with E-state index < -0.39 is 0 Å². The van der Waals surface area contributed by atoms with Crippen LogP contribution in [0.25, 0.3) is 0 Å². The maximum absolute atomic E-state index is 13.7. The first kappa shape index (κ1) is 20.5. The molecule has 3 N–H and O–H groups in total. The van der Waals surface area contributed by atoms with Crippen molar-refractivity contribution in [2.75, 3.05) is 13.1 Å². The van der Waals surface area contributed by atoms with Gasteiger partial charge >= 0.3 is 0 Å². The van der Waals surface area contributed by atoms with Crippen LogP contribution in [0.1, 0.15) is 70.6 Å². The summed E-state index contributed by atoms with van der Waals surface area (Å²) in [6.07, 6.45) is 12.4. The molecule has 2 amide bonds. The second-order valence-corrected chi connectivity index (χ2v) is 10.4. The van der Waals surface area contributed by atoms with E-state index in [0.29, 0.717) is 18.4 Å². The number of nitrogens with two attached hydrogens (primary N) is 1. The molecule has 6 fully saturated rings. The molecule has 0 spiro atoms. The fourth-order valence-corrected chi connectivity index (χ4v) is 7.75. The summed E-state index contributed by atoms with van der Waals surface area (Å²) in [5.74, 6) is 3.09. The molecule has 0 aromatic heterocycles. The number of hydrogen-bond acceptors (Lipinski definition) is 3. The van der Waals surface area contributed by atoms with Crippen molar-refractivity contribution < 1.29 is 9.59 Å². The standard InChI is InChI=1S/C22H35N3O2.ClH/c23-13-17-3-1-4-18(17)24-20(26)19-5-2-6-25(19)21(27)22-10-14-7-15(11-22)9-16(8-14)12-22;/h14-19H,1-13,23H2,(H,24,26);1H. The number of nitrogens with zero attached hydrogens (tertiary/aromatic N) is 1. The lowest BCUT2D eigenvalue weighted by molar-refractivity contribution is -0.160. The van der Waals surface area contributed by atoms with Gasteiger partial charge in [0.25, 0.3) is 0 Å². The number of halogens is 1. The number of nitrogens with one attached hydrogen (secondary N) is 1. The number of rotatable bonds is 4. The topological polar surface area (TPSA) is 75.4 Å². The predicted molar refractivity (Wildman–Crippen MR) is 111 cm³/mol. The number of likely N-dealkylation sites (tertiary alicyclic amines) is 1. The van der Waals surface area contributed by atoms with Gasteiger partial charge in [0.1, 0.15) is 6.04 Å². The SMILES string of the molecule is Cl.NCC1CCCC1NC(=O)C1CCCN1C(=O)C12CC3CC(CC(C3)C1)C2. The highest BCUT2D eigenvalue weighted by Crippen LogP contribution is 2.60. The molecule has 0 aromatic rings. The minimum atomic E-state index is -0.246. The van der Waals surface area contributed by atoms with E-state index in [4.69, 9.17) is 5.73 Å². The highest BCUT2D eigenvalue weighted by atomic mass is 35.5. The van der Waals surface area contributed by atoms with E-state index in [0.717, 1.165) is 75.7 Å². The van der Waals surface area contributed by atoms with Crippen LogP contribution in [0.2, 0.25) is 0 Å². The van der Waals surface area contributed by atoms with Crippen LogP contribution in [-0.4, -0.2) is 41.9 Å². The number of hydrogen-bond donors (Lipinski definition) is 2. The molecule has 6 aliphatic rings. The lowest BCUT2D eigenvalue weighted by Crippen LogP contribution is -2.58. The van der Waals surface area contributed by atoms with Gasteiger partial charge in [0.15, 0.2) is 0 Å². The first-order valence-electron chi connectivity index (χ1n) is 11.4. The van der Waals surface area contributed by atoms with Crippen molar-refractivity contribution in [1.82, 2.24) is 10.2 Å². The zero-order valence-electron chi connectivity index (χ0n) is 16.9. The van der Waals surface area contributed by atoms with Crippen molar-refractivity contribution in [1.29, 1.82) is 0 Å². The molecular weight excluding hydrogens is 374 g/mol. The molecule has 0 aromatic carbocycles. The Morgan fingerprint density at radius 2 is 1.61 bits per heavy atom. The first-order chi connectivity index (χ1) is 13.1. The van der Waals surface area contributed by atoms with Gasteiger partial charge in [-0.05, 0) is 94.4 Å². The van der Waals surface area contributed by atoms with E-state index in [1.165, 1.54) is 19.3 Å². The molecule has 6 rings (SSSR count). The summed E-state index contributed by atoms with van der Waals surface area (Å²) in [4.78, 5) is 28.7. The van der Waals surface area contributed by atoms with Crippen molar-refractivity contribution in [3.8, 4) is 0 Å². The van der Waals surface area contributed by atoms with Crippen molar-refractivity contribution in [2.45, 2.75) is 82.7 Å².